The monoisotopic (exact) mass is 160 g/mol. The minimum Gasteiger partial charge on any atom is -0.109 e. The molecule has 0 unspecified atom stereocenters. The molecule has 0 bridgehead atoms. The molecule has 4 heteroatoms. The minimum absolute atomic E-state index is 0.194. The highest BCUT2D eigenvalue weighted by Gasteiger charge is 1.41. The zero-order valence-corrected chi connectivity index (χ0v) is 5.92. The topological polar surface area (TPSA) is 0 Å². The average molecular weight is 161 g/mol. The summed E-state index contributed by atoms with van der Waals surface area (Å²) in [6.45, 7) is 0. The molecule has 0 aliphatic carbocycles. The quantitative estimate of drug-likeness (QED) is 0.395. The molecule has 0 nitrogen and oxygen atoms in total. The van der Waals surface area contributed by atoms with Gasteiger partial charge in [-0.25, -0.2) is 0 Å². The maximum atomic E-state index is 4.76. The van der Waals surface area contributed by atoms with Gasteiger partial charge in [0.15, 0.2) is 0 Å². The Morgan fingerprint density at radius 2 is 1.33 bits per heavy atom. The second kappa shape index (κ2) is 17.0. The fourth-order valence-corrected chi connectivity index (χ4v) is 0. The molecule has 0 heterocycles. The molecule has 36 valence electrons. The van der Waals surface area contributed by atoms with Crippen molar-refractivity contribution in [1.82, 2.24) is 0 Å². The first-order chi connectivity index (χ1) is 2.83. The van der Waals surface area contributed by atoms with Gasteiger partial charge in [-0.3, -0.25) is 0 Å². The Morgan fingerprint density at radius 3 is 1.33 bits per heavy atom. The molecule has 0 aliphatic heterocycles. The van der Waals surface area contributed by atoms with Gasteiger partial charge in [0.25, 0.3) is 0 Å². The van der Waals surface area contributed by atoms with E-state index in [0.717, 1.165) is 0 Å². The lowest BCUT2D eigenvalue weighted by Gasteiger charge is -1.42. The van der Waals surface area contributed by atoms with Gasteiger partial charge >= 0.3 is 0 Å². The van der Waals surface area contributed by atoms with Crippen molar-refractivity contribution in [2.75, 3.05) is 5.34 Å². The standard InChI is InChI=1S/CH2Cl2.CS2/c2*2-1-3/h1H2;. The summed E-state index contributed by atoms with van der Waals surface area (Å²) in [5.41, 5.74) is 0. The van der Waals surface area contributed by atoms with Crippen molar-refractivity contribution < 1.29 is 0 Å². The number of thiocarbonyl (C=S) groups is 2. The van der Waals surface area contributed by atoms with Crippen molar-refractivity contribution in [2.24, 2.45) is 0 Å². The van der Waals surface area contributed by atoms with Gasteiger partial charge in [0.1, 0.15) is 0 Å². The van der Waals surface area contributed by atoms with Crippen LogP contribution in [0.4, 0.5) is 0 Å². The molecule has 0 rings (SSSR count). The van der Waals surface area contributed by atoms with Crippen LogP contribution in [0.5, 0.6) is 0 Å². The molecular formula is C2H2Cl2S2. The maximum absolute atomic E-state index is 4.76. The van der Waals surface area contributed by atoms with Crippen LogP contribution >= 0.6 is 47.6 Å². The van der Waals surface area contributed by atoms with E-state index < -0.39 is 0 Å². The molecule has 0 saturated carbocycles. The molecule has 6 heavy (non-hydrogen) atoms. The van der Waals surface area contributed by atoms with Crippen LogP contribution in [0.25, 0.3) is 0 Å². The zero-order chi connectivity index (χ0) is 5.41. The lowest BCUT2D eigenvalue weighted by atomic mass is 11.9. The SMILES string of the molecule is ClCCl.S=C=S. The summed E-state index contributed by atoms with van der Waals surface area (Å²) in [6, 6.07) is 0. The smallest absolute Gasteiger partial charge is 0.0967 e. The summed E-state index contributed by atoms with van der Waals surface area (Å²) >= 11 is 17.4. The molecule has 0 N–H and O–H groups in total. The van der Waals surface area contributed by atoms with Gasteiger partial charge in [-0.05, 0) is 24.4 Å². The van der Waals surface area contributed by atoms with Crippen LogP contribution in [0, 0.1) is 0 Å². The van der Waals surface area contributed by atoms with Crippen molar-refractivity contribution in [3.05, 3.63) is 0 Å². The largest absolute Gasteiger partial charge is 0.109 e. The van der Waals surface area contributed by atoms with Crippen LogP contribution in [0.1, 0.15) is 0 Å². The Labute approximate surface area is 57.4 Å². The second-order valence-corrected chi connectivity index (χ2v) is 1.66. The maximum Gasteiger partial charge on any atom is 0.0967 e. The molecule has 0 atom stereocenters. The van der Waals surface area contributed by atoms with Crippen LogP contribution < -0.4 is 0 Å². The number of hydrogen-bond acceptors (Lipinski definition) is 2. The van der Waals surface area contributed by atoms with E-state index in [-0.39, 0.29) is 5.34 Å². The van der Waals surface area contributed by atoms with Crippen molar-refractivity contribution in [1.29, 1.82) is 0 Å². The third-order valence-electron chi connectivity index (χ3n) is 0. The van der Waals surface area contributed by atoms with Crippen molar-refractivity contribution in [2.45, 2.75) is 0 Å². The Bertz CT molecular complexity index is 38.8. The van der Waals surface area contributed by atoms with E-state index in [9.17, 15) is 0 Å². The van der Waals surface area contributed by atoms with Gasteiger partial charge < -0.3 is 0 Å². The fourth-order valence-electron chi connectivity index (χ4n) is 0. The van der Waals surface area contributed by atoms with E-state index in [2.05, 4.69) is 24.4 Å². The van der Waals surface area contributed by atoms with E-state index >= 15 is 0 Å². The van der Waals surface area contributed by atoms with Crippen molar-refractivity contribution in [3.8, 4) is 0 Å². The summed E-state index contributed by atoms with van der Waals surface area (Å²) in [5.74, 6) is 0. The first kappa shape index (κ1) is 9.93. The van der Waals surface area contributed by atoms with Gasteiger partial charge in [-0.15, -0.1) is 23.2 Å². The van der Waals surface area contributed by atoms with Gasteiger partial charge in [0.05, 0.1) is 5.34 Å². The Morgan fingerprint density at radius 1 is 1.33 bits per heavy atom. The molecule has 0 aromatic carbocycles. The summed E-state index contributed by atoms with van der Waals surface area (Å²) in [7, 11) is 0. The van der Waals surface area contributed by atoms with Crippen LogP contribution in [-0.2, 0) is 0 Å². The Kier molecular flexibility index (Phi) is 28.2. The number of alkyl halides is 2. The van der Waals surface area contributed by atoms with Gasteiger partial charge in [-0.2, -0.15) is 0 Å². The fraction of sp³-hybridized carbons (Fsp3) is 0.500. The lowest BCUT2D eigenvalue weighted by Crippen LogP contribution is -1.24. The Balaban J connectivity index is 0. The molecule has 0 spiro atoms. The third-order valence-corrected chi connectivity index (χ3v) is 0. The number of rotatable bonds is 0. The zero-order valence-electron chi connectivity index (χ0n) is 2.78. The van der Waals surface area contributed by atoms with Crippen LogP contribution in [0.2, 0.25) is 0 Å². The van der Waals surface area contributed by atoms with E-state index in [1.807, 2.05) is 4.31 Å². The first-order valence-electron chi connectivity index (χ1n) is 0.943. The molecule has 0 aromatic heterocycles. The highest BCUT2D eigenvalue weighted by Crippen LogP contribution is 1.73. The molecule has 0 saturated heterocycles. The van der Waals surface area contributed by atoms with Crippen LogP contribution in [-0.4, -0.2) is 9.65 Å². The molecule has 0 fully saturated rings. The van der Waals surface area contributed by atoms with Gasteiger partial charge in [0, 0.05) is 4.31 Å². The molecule has 0 aliphatic rings. The van der Waals surface area contributed by atoms with E-state index in [1.165, 1.54) is 0 Å². The summed E-state index contributed by atoms with van der Waals surface area (Å²) < 4.78 is 1.92. The predicted octanol–water partition coefficient (Wildman–Crippen LogP) is 2.44. The number of halogens is 2. The van der Waals surface area contributed by atoms with Crippen LogP contribution in [0.3, 0.4) is 0 Å². The molecular weight excluding hydrogens is 159 g/mol. The molecule has 0 aromatic rings. The summed E-state index contributed by atoms with van der Waals surface area (Å²) in [5, 5.41) is 0.194. The second-order valence-electron chi connectivity index (χ2n) is 0.184. The summed E-state index contributed by atoms with van der Waals surface area (Å²) in [4.78, 5) is 0. The predicted molar refractivity (Wildman–Crippen MR) is 36.8 cm³/mol. The van der Waals surface area contributed by atoms with Crippen molar-refractivity contribution in [3.63, 3.8) is 0 Å². The van der Waals surface area contributed by atoms with Crippen LogP contribution in [0.15, 0.2) is 0 Å². The number of hydrogen-bond donors (Lipinski definition) is 0. The highest BCUT2D eigenvalue weighted by atomic mass is 35.5. The van der Waals surface area contributed by atoms with E-state index in [0.29, 0.717) is 0 Å². The lowest BCUT2D eigenvalue weighted by molar-refractivity contribution is 2.20. The summed E-state index contributed by atoms with van der Waals surface area (Å²) in [6.07, 6.45) is 0. The normalized spacial score (nSPS) is 4.33. The van der Waals surface area contributed by atoms with E-state index in [1.54, 1.807) is 0 Å². The van der Waals surface area contributed by atoms with E-state index in [4.69, 9.17) is 23.2 Å². The molecule has 0 amide bonds. The third kappa shape index (κ3) is 108. The van der Waals surface area contributed by atoms with Gasteiger partial charge in [0.2, 0.25) is 0 Å². The first-order valence-corrected chi connectivity index (χ1v) is 2.83. The van der Waals surface area contributed by atoms with Crippen molar-refractivity contribution >= 4 is 52.0 Å². The molecule has 0 radical (unpaired) electrons. The Hall–Kier alpha value is 0.800. The average Bonchev–Trinajstić information content (AvgIpc) is 1.39. The van der Waals surface area contributed by atoms with Gasteiger partial charge in [-0.1, -0.05) is 0 Å². The minimum atomic E-state index is 0.194. The highest BCUT2D eigenvalue weighted by molar-refractivity contribution is 7.93.